The van der Waals surface area contributed by atoms with Crippen molar-refractivity contribution in [2.75, 3.05) is 4.43 Å². The largest absolute Gasteiger partial charge is 0.198 e. The summed E-state index contributed by atoms with van der Waals surface area (Å²) in [6.07, 6.45) is 4.09. The second-order valence-electron chi connectivity index (χ2n) is 3.73. The maximum absolute atomic E-state index is 8.67. The zero-order chi connectivity index (χ0) is 9.19. The molecule has 0 N–H and O–H groups in total. The van der Waals surface area contributed by atoms with Crippen molar-refractivity contribution in [3.63, 3.8) is 0 Å². The van der Waals surface area contributed by atoms with Gasteiger partial charge in [0, 0.05) is 16.3 Å². The summed E-state index contributed by atoms with van der Waals surface area (Å²) >= 11 is 2.43. The first-order chi connectivity index (χ1) is 5.65. The van der Waals surface area contributed by atoms with Crippen LogP contribution >= 0.6 is 22.6 Å². The van der Waals surface area contributed by atoms with Crippen molar-refractivity contribution in [1.29, 1.82) is 5.26 Å². The minimum absolute atomic E-state index is 0.288. The van der Waals surface area contributed by atoms with Gasteiger partial charge in [-0.1, -0.05) is 41.2 Å². The highest BCUT2D eigenvalue weighted by molar-refractivity contribution is 14.1. The lowest BCUT2D eigenvalue weighted by Crippen LogP contribution is -2.25. The third kappa shape index (κ3) is 1.52. The van der Waals surface area contributed by atoms with Gasteiger partial charge in [0.1, 0.15) is 0 Å². The van der Waals surface area contributed by atoms with E-state index in [-0.39, 0.29) is 5.41 Å². The standard InChI is InChI=1S/C10H14IN/c1-8-3-4-9(5-6-12)10(8,2)7-11/h3,9H,4-5,7H2,1-2H3/t9-,10+/m0/s1. The van der Waals surface area contributed by atoms with Crippen molar-refractivity contribution < 1.29 is 0 Å². The van der Waals surface area contributed by atoms with Crippen LogP contribution in [0.4, 0.5) is 0 Å². The minimum Gasteiger partial charge on any atom is -0.198 e. The van der Waals surface area contributed by atoms with Crippen molar-refractivity contribution in [3.05, 3.63) is 11.6 Å². The highest BCUT2D eigenvalue weighted by Crippen LogP contribution is 2.46. The van der Waals surface area contributed by atoms with Crippen molar-refractivity contribution >= 4 is 22.6 Å². The second-order valence-corrected chi connectivity index (χ2v) is 4.50. The fourth-order valence-corrected chi connectivity index (χ4v) is 2.99. The van der Waals surface area contributed by atoms with Crippen molar-refractivity contribution in [3.8, 4) is 6.07 Å². The van der Waals surface area contributed by atoms with Crippen LogP contribution in [0.15, 0.2) is 11.6 Å². The summed E-state index contributed by atoms with van der Waals surface area (Å²) < 4.78 is 1.12. The van der Waals surface area contributed by atoms with Gasteiger partial charge in [0.05, 0.1) is 6.07 Å². The Kier molecular flexibility index (Phi) is 3.16. The zero-order valence-electron chi connectivity index (χ0n) is 7.60. The first-order valence-electron chi connectivity index (χ1n) is 4.25. The SMILES string of the molecule is CC1=CC[C@@H](CC#N)[C@]1(C)CI. The molecule has 2 atom stereocenters. The number of alkyl halides is 1. The van der Waals surface area contributed by atoms with Crippen molar-refractivity contribution in [2.45, 2.75) is 26.7 Å². The summed E-state index contributed by atoms with van der Waals surface area (Å²) in [6.45, 7) is 4.47. The highest BCUT2D eigenvalue weighted by atomic mass is 127. The molecule has 0 aliphatic heterocycles. The number of hydrogen-bond donors (Lipinski definition) is 0. The molecule has 0 heterocycles. The van der Waals surface area contributed by atoms with Gasteiger partial charge < -0.3 is 0 Å². The average Bonchev–Trinajstić information content (AvgIpc) is 2.34. The van der Waals surface area contributed by atoms with Crippen LogP contribution in [-0.4, -0.2) is 4.43 Å². The molecule has 1 rings (SSSR count). The highest BCUT2D eigenvalue weighted by Gasteiger charge is 2.37. The molecule has 12 heavy (non-hydrogen) atoms. The number of nitrogens with zero attached hydrogens (tertiary/aromatic N) is 1. The molecule has 0 spiro atoms. The maximum Gasteiger partial charge on any atom is 0.0625 e. The summed E-state index contributed by atoms with van der Waals surface area (Å²) in [5.41, 5.74) is 1.76. The Morgan fingerprint density at radius 3 is 3.00 bits per heavy atom. The molecular formula is C10H14IN. The molecule has 1 nitrogen and oxygen atoms in total. The minimum atomic E-state index is 0.288. The van der Waals surface area contributed by atoms with Crippen LogP contribution in [0, 0.1) is 22.7 Å². The Morgan fingerprint density at radius 1 is 1.83 bits per heavy atom. The first-order valence-corrected chi connectivity index (χ1v) is 5.78. The molecule has 1 aliphatic carbocycles. The van der Waals surface area contributed by atoms with E-state index in [2.05, 4.69) is 48.6 Å². The Bertz CT molecular complexity index is 239. The van der Waals surface area contributed by atoms with E-state index in [4.69, 9.17) is 5.26 Å². The van der Waals surface area contributed by atoms with Gasteiger partial charge in [-0.15, -0.1) is 0 Å². The molecule has 0 aromatic heterocycles. The third-order valence-corrected chi connectivity index (χ3v) is 4.71. The van der Waals surface area contributed by atoms with Gasteiger partial charge in [-0.2, -0.15) is 5.26 Å². The van der Waals surface area contributed by atoms with E-state index < -0.39 is 0 Å². The molecule has 0 saturated heterocycles. The fourth-order valence-electron chi connectivity index (χ4n) is 1.77. The van der Waals surface area contributed by atoms with Crippen LogP contribution in [0.2, 0.25) is 0 Å². The number of allylic oxidation sites excluding steroid dienone is 2. The Hall–Kier alpha value is -0.0400. The molecule has 0 bridgehead atoms. The Labute approximate surface area is 88.0 Å². The maximum atomic E-state index is 8.67. The van der Waals surface area contributed by atoms with E-state index in [1.807, 2.05) is 0 Å². The van der Waals surface area contributed by atoms with Gasteiger partial charge in [-0.05, 0) is 19.3 Å². The van der Waals surface area contributed by atoms with Crippen LogP contribution in [0.25, 0.3) is 0 Å². The van der Waals surface area contributed by atoms with Crippen molar-refractivity contribution in [1.82, 2.24) is 0 Å². The van der Waals surface area contributed by atoms with Crippen LogP contribution in [0.1, 0.15) is 26.7 Å². The monoisotopic (exact) mass is 275 g/mol. The van der Waals surface area contributed by atoms with Crippen molar-refractivity contribution in [2.24, 2.45) is 11.3 Å². The van der Waals surface area contributed by atoms with E-state index in [1.165, 1.54) is 5.57 Å². The summed E-state index contributed by atoms with van der Waals surface area (Å²) in [6, 6.07) is 2.28. The van der Waals surface area contributed by atoms with Crippen LogP contribution in [0.3, 0.4) is 0 Å². The fraction of sp³-hybridized carbons (Fsp3) is 0.700. The molecular weight excluding hydrogens is 261 g/mol. The van der Waals surface area contributed by atoms with Gasteiger partial charge in [-0.3, -0.25) is 0 Å². The summed E-state index contributed by atoms with van der Waals surface area (Å²) in [4.78, 5) is 0. The topological polar surface area (TPSA) is 23.8 Å². The number of halogens is 1. The van der Waals surface area contributed by atoms with E-state index in [0.717, 1.165) is 10.8 Å². The lowest BCUT2D eigenvalue weighted by Gasteiger charge is -2.30. The second kappa shape index (κ2) is 3.78. The number of hydrogen-bond acceptors (Lipinski definition) is 1. The lowest BCUT2D eigenvalue weighted by molar-refractivity contribution is 0.309. The van der Waals surface area contributed by atoms with Gasteiger partial charge >= 0.3 is 0 Å². The summed E-state index contributed by atoms with van der Waals surface area (Å²) in [5.74, 6) is 0.555. The zero-order valence-corrected chi connectivity index (χ0v) is 9.76. The number of rotatable bonds is 2. The molecule has 0 radical (unpaired) electrons. The van der Waals surface area contributed by atoms with Gasteiger partial charge in [-0.25, -0.2) is 0 Å². The smallest absolute Gasteiger partial charge is 0.0625 e. The lowest BCUT2D eigenvalue weighted by atomic mass is 9.76. The van der Waals surface area contributed by atoms with Crippen LogP contribution < -0.4 is 0 Å². The van der Waals surface area contributed by atoms with E-state index in [9.17, 15) is 0 Å². The Morgan fingerprint density at radius 2 is 2.50 bits per heavy atom. The number of nitriles is 1. The van der Waals surface area contributed by atoms with E-state index >= 15 is 0 Å². The summed E-state index contributed by atoms with van der Waals surface area (Å²) in [5, 5.41) is 8.67. The van der Waals surface area contributed by atoms with Gasteiger partial charge in [0.2, 0.25) is 0 Å². The van der Waals surface area contributed by atoms with Gasteiger partial charge in [0.25, 0.3) is 0 Å². The normalized spacial score (nSPS) is 34.5. The average molecular weight is 275 g/mol. The van der Waals surface area contributed by atoms with Gasteiger partial charge in [0.15, 0.2) is 0 Å². The van der Waals surface area contributed by atoms with Crippen LogP contribution in [-0.2, 0) is 0 Å². The molecule has 0 amide bonds. The van der Waals surface area contributed by atoms with E-state index in [1.54, 1.807) is 0 Å². The van der Waals surface area contributed by atoms with Crippen LogP contribution in [0.5, 0.6) is 0 Å². The van der Waals surface area contributed by atoms with E-state index in [0.29, 0.717) is 12.3 Å². The summed E-state index contributed by atoms with van der Waals surface area (Å²) in [7, 11) is 0. The molecule has 1 aliphatic rings. The Balaban J connectivity index is 2.78. The molecule has 0 aromatic carbocycles. The predicted molar refractivity (Wildman–Crippen MR) is 59.1 cm³/mol. The predicted octanol–water partition coefficient (Wildman–Crippen LogP) is 3.31. The molecule has 2 heteroatoms. The third-order valence-electron chi connectivity index (χ3n) is 3.13. The molecule has 0 fully saturated rings. The first kappa shape index (κ1) is 10.0. The molecule has 66 valence electrons. The molecule has 0 saturated carbocycles. The quantitative estimate of drug-likeness (QED) is 0.431. The molecule has 0 aromatic rings. The molecule has 0 unspecified atom stereocenters.